The van der Waals surface area contributed by atoms with E-state index in [1.807, 2.05) is 80.5 Å². The zero-order chi connectivity index (χ0) is 27.3. The Kier molecular flexibility index (Phi) is 10.2. The van der Waals surface area contributed by atoms with Crippen molar-refractivity contribution in [2.45, 2.75) is 6.92 Å². The zero-order valence-electron chi connectivity index (χ0n) is 21.6. The van der Waals surface area contributed by atoms with E-state index in [0.29, 0.717) is 11.5 Å². The summed E-state index contributed by atoms with van der Waals surface area (Å²) in [5.41, 5.74) is 9.73. The van der Waals surface area contributed by atoms with E-state index in [1.165, 1.54) is 6.08 Å². The van der Waals surface area contributed by atoms with E-state index in [4.69, 9.17) is 5.73 Å². The Hall–Kier alpha value is -4.89. The number of nitrogens with one attached hydrogen (secondary N) is 2. The first-order valence-electron chi connectivity index (χ1n) is 11.9. The standard InChI is InChI=1S/C23H19N5O.C6H12N2O/c1-16-14-19(26-22(29)17-6-3-2-4-7-17)9-10-20(16)27-23-25-13-11-21(28-23)18-8-5-12-24-15-18;1-8(2)5-3-4-6(7)9/h2-15H,1H3,(H,26,29)(H,25,27,28);3-4H,5H2,1-2H3,(H2,7,9)/b;4-3+. The molecule has 194 valence electrons. The van der Waals surface area contributed by atoms with Crippen LogP contribution in [0.1, 0.15) is 15.9 Å². The Morgan fingerprint density at radius 2 is 1.79 bits per heavy atom. The first kappa shape index (κ1) is 27.7. The molecule has 9 nitrogen and oxygen atoms in total. The minimum absolute atomic E-state index is 0.141. The minimum Gasteiger partial charge on any atom is -0.366 e. The summed E-state index contributed by atoms with van der Waals surface area (Å²) >= 11 is 0. The van der Waals surface area contributed by atoms with E-state index >= 15 is 0 Å². The average Bonchev–Trinajstić information content (AvgIpc) is 2.91. The molecule has 4 rings (SSSR count). The third-order valence-corrected chi connectivity index (χ3v) is 5.13. The van der Waals surface area contributed by atoms with Crippen LogP contribution in [0.25, 0.3) is 11.3 Å². The molecule has 38 heavy (non-hydrogen) atoms. The van der Waals surface area contributed by atoms with Crippen LogP contribution >= 0.6 is 0 Å². The van der Waals surface area contributed by atoms with Crippen molar-refractivity contribution in [3.63, 3.8) is 0 Å². The van der Waals surface area contributed by atoms with Gasteiger partial charge in [-0.15, -0.1) is 0 Å². The summed E-state index contributed by atoms with van der Waals surface area (Å²) in [5.74, 6) is -0.0365. The number of likely N-dealkylation sites (N-methyl/N-ethyl adjacent to an activating group) is 1. The van der Waals surface area contributed by atoms with Crippen molar-refractivity contribution in [1.29, 1.82) is 0 Å². The van der Waals surface area contributed by atoms with Crippen LogP contribution in [0.4, 0.5) is 17.3 Å². The second-order valence-electron chi connectivity index (χ2n) is 8.55. The molecule has 4 aromatic rings. The minimum atomic E-state index is -0.392. The van der Waals surface area contributed by atoms with E-state index < -0.39 is 5.91 Å². The largest absolute Gasteiger partial charge is 0.366 e. The van der Waals surface area contributed by atoms with Crippen molar-refractivity contribution in [3.05, 3.63) is 109 Å². The maximum Gasteiger partial charge on any atom is 0.255 e. The molecule has 2 aromatic heterocycles. The van der Waals surface area contributed by atoms with Crippen LogP contribution in [-0.2, 0) is 4.79 Å². The van der Waals surface area contributed by atoms with Crippen molar-refractivity contribution < 1.29 is 9.59 Å². The van der Waals surface area contributed by atoms with Crippen LogP contribution in [-0.4, -0.2) is 52.3 Å². The molecule has 0 radical (unpaired) electrons. The normalized spacial score (nSPS) is 10.5. The van der Waals surface area contributed by atoms with Gasteiger partial charge in [0.25, 0.3) is 5.91 Å². The van der Waals surface area contributed by atoms with Crippen molar-refractivity contribution >= 4 is 29.1 Å². The van der Waals surface area contributed by atoms with Crippen molar-refractivity contribution in [2.75, 3.05) is 31.3 Å². The number of carbonyl (C=O) groups excluding carboxylic acids is 2. The van der Waals surface area contributed by atoms with E-state index in [1.54, 1.807) is 36.8 Å². The number of hydrogen-bond donors (Lipinski definition) is 3. The molecule has 2 amide bonds. The van der Waals surface area contributed by atoms with Crippen LogP contribution in [0.15, 0.2) is 97.5 Å². The monoisotopic (exact) mass is 509 g/mol. The van der Waals surface area contributed by atoms with E-state index in [2.05, 4.69) is 25.6 Å². The Balaban J connectivity index is 0.000000383. The molecular formula is C29H31N7O2. The zero-order valence-corrected chi connectivity index (χ0v) is 21.6. The van der Waals surface area contributed by atoms with Crippen LogP contribution in [0.3, 0.4) is 0 Å². The Morgan fingerprint density at radius 1 is 1.00 bits per heavy atom. The average molecular weight is 510 g/mol. The fourth-order valence-corrected chi connectivity index (χ4v) is 3.27. The predicted octanol–water partition coefficient (Wildman–Crippen LogP) is 4.43. The van der Waals surface area contributed by atoms with Gasteiger partial charge in [-0.25, -0.2) is 9.97 Å². The fraction of sp³-hybridized carbons (Fsp3) is 0.138. The lowest BCUT2D eigenvalue weighted by Gasteiger charge is -2.12. The lowest BCUT2D eigenvalue weighted by molar-refractivity contribution is -0.113. The fourth-order valence-electron chi connectivity index (χ4n) is 3.27. The molecule has 0 aliphatic carbocycles. The van der Waals surface area contributed by atoms with Crippen LogP contribution < -0.4 is 16.4 Å². The van der Waals surface area contributed by atoms with E-state index in [0.717, 1.165) is 34.7 Å². The third kappa shape index (κ3) is 8.96. The van der Waals surface area contributed by atoms with Gasteiger partial charge in [-0.3, -0.25) is 14.6 Å². The summed E-state index contributed by atoms with van der Waals surface area (Å²) in [6.45, 7) is 2.72. The number of rotatable bonds is 8. The molecule has 0 fully saturated rings. The van der Waals surface area contributed by atoms with E-state index in [-0.39, 0.29) is 5.91 Å². The summed E-state index contributed by atoms with van der Waals surface area (Å²) in [5, 5.41) is 6.16. The molecule has 2 heterocycles. The van der Waals surface area contributed by atoms with Gasteiger partial charge in [0.2, 0.25) is 11.9 Å². The molecule has 0 spiro atoms. The topological polar surface area (TPSA) is 126 Å². The molecule has 2 aromatic carbocycles. The van der Waals surface area contributed by atoms with Crippen molar-refractivity contribution in [1.82, 2.24) is 19.9 Å². The number of nitrogens with zero attached hydrogens (tertiary/aromatic N) is 4. The molecule has 0 saturated carbocycles. The molecule has 9 heteroatoms. The summed E-state index contributed by atoms with van der Waals surface area (Å²) in [6, 6.07) is 20.5. The van der Waals surface area contributed by atoms with Gasteiger partial charge in [-0.2, -0.15) is 0 Å². The molecule has 0 aliphatic heterocycles. The van der Waals surface area contributed by atoms with Crippen LogP contribution in [0.2, 0.25) is 0 Å². The Bertz CT molecular complexity index is 1370. The number of nitrogens with two attached hydrogens (primary N) is 1. The maximum absolute atomic E-state index is 12.3. The molecule has 4 N–H and O–H groups in total. The summed E-state index contributed by atoms with van der Waals surface area (Å²) < 4.78 is 0. The molecule has 0 bridgehead atoms. The number of hydrogen-bond acceptors (Lipinski definition) is 7. The van der Waals surface area contributed by atoms with Crippen molar-refractivity contribution in [3.8, 4) is 11.3 Å². The van der Waals surface area contributed by atoms with Gasteiger partial charge in [0, 0.05) is 47.6 Å². The number of benzene rings is 2. The molecule has 0 saturated heterocycles. The summed E-state index contributed by atoms with van der Waals surface area (Å²) in [6.07, 6.45) is 8.29. The SMILES string of the molecule is CN(C)C/C=C/C(N)=O.Cc1cc(NC(=O)c2ccccc2)ccc1Nc1nccc(-c2cccnc2)n1. The smallest absolute Gasteiger partial charge is 0.255 e. The van der Waals surface area contributed by atoms with Gasteiger partial charge in [0.1, 0.15) is 0 Å². The first-order valence-corrected chi connectivity index (χ1v) is 11.9. The number of aromatic nitrogens is 3. The third-order valence-electron chi connectivity index (χ3n) is 5.13. The van der Waals surface area contributed by atoms with Gasteiger partial charge >= 0.3 is 0 Å². The summed E-state index contributed by atoms with van der Waals surface area (Å²) in [4.78, 5) is 37.3. The molecule has 0 atom stereocenters. The lowest BCUT2D eigenvalue weighted by Crippen LogP contribution is -2.12. The highest BCUT2D eigenvalue weighted by molar-refractivity contribution is 6.04. The Morgan fingerprint density at radius 3 is 2.45 bits per heavy atom. The van der Waals surface area contributed by atoms with Gasteiger partial charge < -0.3 is 21.3 Å². The number of carbonyl (C=O) groups is 2. The highest BCUT2D eigenvalue weighted by Crippen LogP contribution is 2.24. The van der Waals surface area contributed by atoms with Crippen molar-refractivity contribution in [2.24, 2.45) is 5.73 Å². The number of pyridine rings is 1. The second-order valence-corrected chi connectivity index (χ2v) is 8.55. The molecular weight excluding hydrogens is 478 g/mol. The van der Waals surface area contributed by atoms with Gasteiger partial charge in [-0.05, 0) is 81.2 Å². The highest BCUT2D eigenvalue weighted by atomic mass is 16.2. The van der Waals surface area contributed by atoms with Gasteiger partial charge in [-0.1, -0.05) is 24.3 Å². The number of aryl methyl sites for hydroxylation is 1. The second kappa shape index (κ2) is 14.0. The van der Waals surface area contributed by atoms with Crippen LogP contribution in [0, 0.1) is 6.92 Å². The number of primary amides is 1. The molecule has 0 aliphatic rings. The maximum atomic E-state index is 12.3. The lowest BCUT2D eigenvalue weighted by atomic mass is 10.1. The van der Waals surface area contributed by atoms with Gasteiger partial charge in [0.05, 0.1) is 5.69 Å². The van der Waals surface area contributed by atoms with Crippen LogP contribution in [0.5, 0.6) is 0 Å². The highest BCUT2D eigenvalue weighted by Gasteiger charge is 2.08. The first-order chi connectivity index (χ1) is 18.3. The van der Waals surface area contributed by atoms with E-state index in [9.17, 15) is 9.59 Å². The number of amides is 2. The quantitative estimate of drug-likeness (QED) is 0.300. The van der Waals surface area contributed by atoms with Gasteiger partial charge in [0.15, 0.2) is 0 Å². The Labute approximate surface area is 222 Å². The molecule has 0 unspecified atom stereocenters. The predicted molar refractivity (Wildman–Crippen MR) is 151 cm³/mol. The number of anilines is 3. The summed E-state index contributed by atoms with van der Waals surface area (Å²) in [7, 11) is 3.84.